The number of nitrogens with zero attached hydrogens (tertiary/aromatic N) is 2. The van der Waals surface area contributed by atoms with Gasteiger partial charge in [-0.1, -0.05) is 48.0 Å². The smallest absolute Gasteiger partial charge is 0.321 e. The molecular weight excluding hydrogens is 390 g/mol. The molecule has 0 bridgehead atoms. The van der Waals surface area contributed by atoms with Gasteiger partial charge in [0.05, 0.1) is 6.61 Å². The Balaban J connectivity index is 1.68. The summed E-state index contributed by atoms with van der Waals surface area (Å²) in [6.45, 7) is 3.32. The van der Waals surface area contributed by atoms with Crippen LogP contribution in [0.4, 0.5) is 0 Å². The van der Waals surface area contributed by atoms with Crippen LogP contribution in [0.5, 0.6) is 0 Å². The number of fused-ring (bicyclic) bond motifs is 1. The molecule has 0 saturated carbocycles. The summed E-state index contributed by atoms with van der Waals surface area (Å²) < 4.78 is 5.15. The summed E-state index contributed by atoms with van der Waals surface area (Å²) in [7, 11) is 0. The van der Waals surface area contributed by atoms with E-state index in [-0.39, 0.29) is 6.61 Å². The monoisotopic (exact) mass is 411 g/mol. The van der Waals surface area contributed by atoms with Gasteiger partial charge in [0.2, 0.25) is 11.9 Å². The number of hydrogen-bond donors (Lipinski definition) is 1. The lowest BCUT2D eigenvalue weighted by Crippen LogP contribution is -2.53. The van der Waals surface area contributed by atoms with Crippen molar-refractivity contribution in [2.75, 3.05) is 13.2 Å². The number of aliphatic imine (C=N–C) groups is 1. The minimum absolute atomic E-state index is 0.204. The molecule has 2 aromatic carbocycles. The summed E-state index contributed by atoms with van der Waals surface area (Å²) >= 11 is 6.01. The number of ether oxygens (including phenoxy) is 1. The molecule has 0 saturated heterocycles. The van der Waals surface area contributed by atoms with Crippen LogP contribution in [0, 0.1) is 5.92 Å². The van der Waals surface area contributed by atoms with Gasteiger partial charge >= 0.3 is 5.97 Å². The molecule has 0 aromatic heterocycles. The highest BCUT2D eigenvalue weighted by molar-refractivity contribution is 6.30. The average molecular weight is 412 g/mol. The van der Waals surface area contributed by atoms with Gasteiger partial charge in [-0.3, -0.25) is 14.9 Å². The molecule has 0 radical (unpaired) electrons. The van der Waals surface area contributed by atoms with Crippen molar-refractivity contribution in [1.29, 1.82) is 0 Å². The van der Waals surface area contributed by atoms with E-state index in [0.717, 1.165) is 18.5 Å². The fraction of sp³-hybridized carbons (Fsp3) is 0.318. The van der Waals surface area contributed by atoms with Crippen molar-refractivity contribution in [1.82, 2.24) is 10.2 Å². The molecule has 2 heterocycles. The summed E-state index contributed by atoms with van der Waals surface area (Å²) in [6.07, 6.45) is 0.873. The van der Waals surface area contributed by atoms with Crippen LogP contribution >= 0.6 is 11.6 Å². The van der Waals surface area contributed by atoms with Gasteiger partial charge in [-0.15, -0.1) is 0 Å². The maximum Gasteiger partial charge on any atom is 0.321 e. The zero-order valence-electron chi connectivity index (χ0n) is 16.1. The maximum absolute atomic E-state index is 12.9. The van der Waals surface area contributed by atoms with E-state index in [9.17, 15) is 9.59 Å². The fourth-order valence-electron chi connectivity index (χ4n) is 3.80. The van der Waals surface area contributed by atoms with E-state index in [4.69, 9.17) is 21.3 Å². The number of nitrogens with one attached hydrogen (secondary N) is 1. The third kappa shape index (κ3) is 3.98. The number of hydrogen-bond acceptors (Lipinski definition) is 5. The van der Waals surface area contributed by atoms with Crippen LogP contribution in [0.1, 0.15) is 29.7 Å². The summed E-state index contributed by atoms with van der Waals surface area (Å²) in [6, 6.07) is 14.7. The summed E-state index contributed by atoms with van der Waals surface area (Å²) in [5.41, 5.74) is 3.27. The quantitative estimate of drug-likeness (QED) is 0.622. The van der Waals surface area contributed by atoms with Crippen LogP contribution < -0.4 is 5.32 Å². The van der Waals surface area contributed by atoms with E-state index in [2.05, 4.69) is 17.4 Å². The average Bonchev–Trinajstić information content (AvgIpc) is 2.73. The molecular formula is C22H22ClN3O3. The van der Waals surface area contributed by atoms with Gasteiger partial charge in [-0.05, 0) is 42.2 Å². The van der Waals surface area contributed by atoms with Crippen LogP contribution in [0.3, 0.4) is 0 Å². The molecule has 4 rings (SSSR count). The second-order valence-electron chi connectivity index (χ2n) is 7.11. The molecule has 7 heteroatoms. The molecule has 0 aliphatic carbocycles. The number of benzene rings is 2. The normalized spacial score (nSPS) is 21.1. The molecule has 150 valence electrons. The van der Waals surface area contributed by atoms with Crippen molar-refractivity contribution < 1.29 is 14.3 Å². The minimum atomic E-state index is -1.03. The number of guanidine groups is 1. The molecule has 2 aliphatic rings. The Morgan fingerprint density at radius 2 is 1.93 bits per heavy atom. The van der Waals surface area contributed by atoms with Crippen LogP contribution in [-0.2, 0) is 27.3 Å². The van der Waals surface area contributed by atoms with E-state index in [1.165, 1.54) is 11.1 Å². The van der Waals surface area contributed by atoms with Crippen molar-refractivity contribution in [2.24, 2.45) is 10.9 Å². The Hall–Kier alpha value is -2.86. The van der Waals surface area contributed by atoms with E-state index >= 15 is 0 Å². The van der Waals surface area contributed by atoms with Crippen molar-refractivity contribution in [3.05, 3.63) is 70.2 Å². The first-order valence-electron chi connectivity index (χ1n) is 9.69. The lowest BCUT2D eigenvalue weighted by atomic mass is 9.91. The highest BCUT2D eigenvalue weighted by Crippen LogP contribution is 2.32. The highest BCUT2D eigenvalue weighted by Gasteiger charge is 2.42. The first-order valence-corrected chi connectivity index (χ1v) is 10.1. The fourth-order valence-corrected chi connectivity index (χ4v) is 3.93. The van der Waals surface area contributed by atoms with Gasteiger partial charge in [0.25, 0.3) is 0 Å². The predicted molar refractivity (Wildman–Crippen MR) is 110 cm³/mol. The highest BCUT2D eigenvalue weighted by atomic mass is 35.5. The van der Waals surface area contributed by atoms with Gasteiger partial charge in [-0.25, -0.2) is 4.99 Å². The zero-order chi connectivity index (χ0) is 20.4. The Morgan fingerprint density at radius 3 is 2.66 bits per heavy atom. The molecule has 2 atom stereocenters. The van der Waals surface area contributed by atoms with Crippen LogP contribution in [-0.4, -0.2) is 35.9 Å². The molecule has 1 N–H and O–H groups in total. The number of carbonyl (C=O) groups excluding carboxylic acids is 2. The summed E-state index contributed by atoms with van der Waals surface area (Å²) in [4.78, 5) is 32.3. The SMILES string of the molecule is CCOC(=O)[C@@H]1C(=O)NC(N2CCc3ccccc3C2)=N[C@@H]1c1ccc(Cl)cc1. The van der Waals surface area contributed by atoms with Gasteiger partial charge in [0, 0.05) is 18.1 Å². The minimum Gasteiger partial charge on any atom is -0.465 e. The van der Waals surface area contributed by atoms with E-state index < -0.39 is 23.8 Å². The maximum atomic E-state index is 12.9. The standard InChI is InChI=1S/C22H22ClN3O3/c1-2-29-21(28)18-19(15-7-9-17(23)10-8-15)24-22(25-20(18)27)26-12-11-14-5-3-4-6-16(14)13-26/h3-10,18-19H,2,11-13H2,1H3,(H,24,25,27)/t18-,19+/m0/s1. The zero-order valence-corrected chi connectivity index (χ0v) is 16.9. The second kappa shape index (κ2) is 8.25. The molecule has 2 aromatic rings. The molecule has 0 unspecified atom stereocenters. The first kappa shape index (κ1) is 19.5. The Kier molecular flexibility index (Phi) is 5.53. The first-order chi connectivity index (χ1) is 14.1. The topological polar surface area (TPSA) is 71.0 Å². The van der Waals surface area contributed by atoms with Crippen LogP contribution in [0.25, 0.3) is 0 Å². The lowest BCUT2D eigenvalue weighted by Gasteiger charge is -2.36. The van der Waals surface area contributed by atoms with Crippen molar-refractivity contribution in [2.45, 2.75) is 25.9 Å². The summed E-state index contributed by atoms with van der Waals surface area (Å²) in [5, 5.41) is 3.41. The molecule has 6 nitrogen and oxygen atoms in total. The van der Waals surface area contributed by atoms with Gasteiger partial charge in [-0.2, -0.15) is 0 Å². The van der Waals surface area contributed by atoms with Crippen molar-refractivity contribution in [3.8, 4) is 0 Å². The second-order valence-corrected chi connectivity index (χ2v) is 7.54. The summed E-state index contributed by atoms with van der Waals surface area (Å²) in [5.74, 6) is -1.51. The molecule has 1 amide bonds. The van der Waals surface area contributed by atoms with Crippen LogP contribution in [0.15, 0.2) is 53.5 Å². The van der Waals surface area contributed by atoms with Gasteiger partial charge in [0.15, 0.2) is 5.92 Å². The van der Waals surface area contributed by atoms with Crippen molar-refractivity contribution in [3.63, 3.8) is 0 Å². The van der Waals surface area contributed by atoms with E-state index in [0.29, 0.717) is 17.5 Å². The lowest BCUT2D eigenvalue weighted by molar-refractivity contribution is -0.153. The Bertz CT molecular complexity index is 958. The Labute approximate surface area is 174 Å². The van der Waals surface area contributed by atoms with E-state index in [1.807, 2.05) is 17.0 Å². The van der Waals surface area contributed by atoms with E-state index in [1.54, 1.807) is 31.2 Å². The third-order valence-corrected chi connectivity index (χ3v) is 5.53. The van der Waals surface area contributed by atoms with Gasteiger partial charge < -0.3 is 9.64 Å². The number of rotatable bonds is 3. The number of halogens is 1. The molecule has 29 heavy (non-hydrogen) atoms. The van der Waals surface area contributed by atoms with Crippen LogP contribution in [0.2, 0.25) is 5.02 Å². The number of amides is 1. The third-order valence-electron chi connectivity index (χ3n) is 5.28. The predicted octanol–water partition coefficient (Wildman–Crippen LogP) is 3.10. The molecule has 0 spiro atoms. The Morgan fingerprint density at radius 1 is 1.21 bits per heavy atom. The number of carbonyl (C=O) groups is 2. The molecule has 2 aliphatic heterocycles. The van der Waals surface area contributed by atoms with Gasteiger partial charge in [0.1, 0.15) is 6.04 Å². The number of esters is 1. The molecule has 0 fully saturated rings. The van der Waals surface area contributed by atoms with Crippen molar-refractivity contribution >= 4 is 29.4 Å². The largest absolute Gasteiger partial charge is 0.465 e.